The quantitative estimate of drug-likeness (QED) is 0.808. The summed E-state index contributed by atoms with van der Waals surface area (Å²) in [5.41, 5.74) is 9.87. The van der Waals surface area contributed by atoms with Crippen LogP contribution in [0.25, 0.3) is 0 Å². The van der Waals surface area contributed by atoms with Crippen LogP contribution in [0.1, 0.15) is 22.5 Å². The van der Waals surface area contributed by atoms with Gasteiger partial charge in [-0.2, -0.15) is 0 Å². The molecule has 0 aromatic carbocycles. The van der Waals surface area contributed by atoms with E-state index in [0.717, 1.165) is 6.20 Å². The Hall–Kier alpha value is -0.990. The molecule has 0 aliphatic rings. The molecule has 0 unspecified atom stereocenters. The molecule has 0 bridgehead atoms. The van der Waals surface area contributed by atoms with E-state index in [9.17, 15) is 13.6 Å². The maximum absolute atomic E-state index is 12.3. The van der Waals surface area contributed by atoms with Crippen molar-refractivity contribution in [1.29, 1.82) is 0 Å². The van der Waals surface area contributed by atoms with Crippen LogP contribution in [0.15, 0.2) is 6.20 Å². The van der Waals surface area contributed by atoms with Gasteiger partial charge in [0, 0.05) is 6.20 Å². The van der Waals surface area contributed by atoms with Gasteiger partial charge in [-0.15, -0.1) is 0 Å². The summed E-state index contributed by atoms with van der Waals surface area (Å²) in [6.45, 7) is 0. The Morgan fingerprint density at radius 3 is 2.57 bits per heavy atom. The predicted octanol–water partition coefficient (Wildman–Crippen LogP) is 1.30. The molecule has 0 aliphatic carbocycles. The maximum atomic E-state index is 12.3. The number of nitrogens with zero attached hydrogens (tertiary/aromatic N) is 1. The fraction of sp³-hybridized carbons (Fsp3) is 0.143. The molecule has 1 aromatic heterocycles. The lowest BCUT2D eigenvalue weighted by atomic mass is 10.2. The number of amides is 1. The van der Waals surface area contributed by atoms with E-state index in [4.69, 9.17) is 11.5 Å². The number of pyridine rings is 1. The molecule has 4 N–H and O–H groups in total. The summed E-state index contributed by atoms with van der Waals surface area (Å²) in [7, 11) is 0. The first-order valence-corrected chi connectivity index (χ1v) is 4.54. The monoisotopic (exact) mass is 313 g/mol. The van der Waals surface area contributed by atoms with Gasteiger partial charge in [-0.25, -0.2) is 8.78 Å². The summed E-state index contributed by atoms with van der Waals surface area (Å²) in [5.74, 6) is -0.784. The van der Waals surface area contributed by atoms with E-state index in [1.165, 1.54) is 0 Å². The minimum atomic E-state index is -2.72. The Kier molecular flexibility index (Phi) is 3.19. The van der Waals surface area contributed by atoms with Crippen LogP contribution in [0.5, 0.6) is 0 Å². The van der Waals surface area contributed by atoms with Crippen LogP contribution in [-0.2, 0) is 0 Å². The first-order valence-electron chi connectivity index (χ1n) is 3.47. The third-order valence-corrected chi connectivity index (χ3v) is 2.69. The second-order valence-electron chi connectivity index (χ2n) is 2.45. The number of aromatic nitrogens is 1. The number of halogens is 3. The van der Waals surface area contributed by atoms with Gasteiger partial charge in [-0.3, -0.25) is 9.78 Å². The number of carbonyl (C=O) groups is 1. The largest absolute Gasteiger partial charge is 0.397 e. The zero-order chi connectivity index (χ0) is 10.9. The lowest BCUT2D eigenvalue weighted by Gasteiger charge is -2.07. The molecule has 4 nitrogen and oxygen atoms in total. The summed E-state index contributed by atoms with van der Waals surface area (Å²) < 4.78 is 24.7. The Balaban J connectivity index is 3.33. The number of hydrogen-bond donors (Lipinski definition) is 2. The van der Waals surface area contributed by atoms with Gasteiger partial charge in [-0.05, 0) is 22.6 Å². The van der Waals surface area contributed by atoms with Crippen molar-refractivity contribution >= 4 is 34.2 Å². The van der Waals surface area contributed by atoms with Crippen molar-refractivity contribution < 1.29 is 13.6 Å². The van der Waals surface area contributed by atoms with E-state index in [2.05, 4.69) is 4.98 Å². The summed E-state index contributed by atoms with van der Waals surface area (Å²) in [6, 6.07) is 0. The minimum Gasteiger partial charge on any atom is -0.397 e. The van der Waals surface area contributed by atoms with Gasteiger partial charge in [0.15, 0.2) is 0 Å². The highest BCUT2D eigenvalue weighted by atomic mass is 127. The summed E-state index contributed by atoms with van der Waals surface area (Å²) in [4.78, 5) is 14.2. The Morgan fingerprint density at radius 2 is 2.14 bits per heavy atom. The van der Waals surface area contributed by atoms with Gasteiger partial charge in [0.05, 0.1) is 14.8 Å². The third kappa shape index (κ3) is 1.91. The van der Waals surface area contributed by atoms with Crippen LogP contribution >= 0.6 is 22.6 Å². The Labute approximate surface area is 91.8 Å². The number of nitrogen functional groups attached to an aromatic ring is 1. The van der Waals surface area contributed by atoms with E-state index in [0.29, 0.717) is 0 Å². The molecule has 14 heavy (non-hydrogen) atoms. The van der Waals surface area contributed by atoms with Crippen LogP contribution in [0.4, 0.5) is 14.5 Å². The molecule has 0 spiro atoms. The van der Waals surface area contributed by atoms with Gasteiger partial charge < -0.3 is 11.5 Å². The Morgan fingerprint density at radius 1 is 1.57 bits per heavy atom. The topological polar surface area (TPSA) is 82.0 Å². The molecule has 1 rings (SSSR count). The predicted molar refractivity (Wildman–Crippen MR) is 54.8 cm³/mol. The van der Waals surface area contributed by atoms with Gasteiger partial charge in [0.2, 0.25) is 0 Å². The fourth-order valence-corrected chi connectivity index (χ4v) is 1.53. The molecule has 1 heterocycles. The summed E-state index contributed by atoms with van der Waals surface area (Å²) in [5, 5.41) is 0. The van der Waals surface area contributed by atoms with E-state index < -0.39 is 18.0 Å². The molecule has 76 valence electrons. The van der Waals surface area contributed by atoms with Crippen molar-refractivity contribution in [3.8, 4) is 0 Å². The van der Waals surface area contributed by atoms with E-state index in [-0.39, 0.29) is 14.8 Å². The van der Waals surface area contributed by atoms with Crippen molar-refractivity contribution in [3.63, 3.8) is 0 Å². The first-order chi connectivity index (χ1) is 6.45. The highest BCUT2D eigenvalue weighted by Gasteiger charge is 2.19. The molecule has 0 radical (unpaired) electrons. The van der Waals surface area contributed by atoms with Crippen LogP contribution < -0.4 is 11.5 Å². The van der Waals surface area contributed by atoms with Crippen molar-refractivity contribution in [2.45, 2.75) is 6.43 Å². The van der Waals surface area contributed by atoms with E-state index in [1.54, 1.807) is 22.6 Å². The number of nitrogens with two attached hydrogens (primary N) is 2. The van der Waals surface area contributed by atoms with Crippen LogP contribution in [-0.4, -0.2) is 10.9 Å². The molecular weight excluding hydrogens is 307 g/mol. The molecule has 0 atom stereocenters. The van der Waals surface area contributed by atoms with Crippen molar-refractivity contribution in [1.82, 2.24) is 4.98 Å². The smallest absolute Gasteiger partial charge is 0.281 e. The standard InChI is InChI=1S/C7H6F2IN3O/c8-6(9)5-3(10)4(11)2(1-13-5)7(12)14/h1,6H,(H2,11,13)(H2,12,14). The van der Waals surface area contributed by atoms with Crippen LogP contribution in [0.3, 0.4) is 0 Å². The second kappa shape index (κ2) is 4.03. The zero-order valence-electron chi connectivity index (χ0n) is 6.80. The number of primary amides is 1. The first kappa shape index (κ1) is 11.1. The van der Waals surface area contributed by atoms with Crippen LogP contribution in [0, 0.1) is 3.57 Å². The van der Waals surface area contributed by atoms with E-state index >= 15 is 0 Å². The highest BCUT2D eigenvalue weighted by Crippen LogP contribution is 2.28. The van der Waals surface area contributed by atoms with Gasteiger partial charge in [-0.1, -0.05) is 0 Å². The van der Waals surface area contributed by atoms with Crippen molar-refractivity contribution in [2.24, 2.45) is 5.73 Å². The average Bonchev–Trinajstić information content (AvgIpc) is 2.08. The number of anilines is 1. The molecule has 1 aromatic rings. The number of rotatable bonds is 2. The SMILES string of the molecule is NC(=O)c1cnc(C(F)F)c(I)c1N. The van der Waals surface area contributed by atoms with Crippen molar-refractivity contribution in [3.05, 3.63) is 21.0 Å². The molecule has 7 heteroatoms. The second-order valence-corrected chi connectivity index (χ2v) is 3.53. The Bertz CT molecular complexity index is 383. The van der Waals surface area contributed by atoms with Gasteiger partial charge >= 0.3 is 0 Å². The maximum Gasteiger partial charge on any atom is 0.281 e. The minimum absolute atomic E-state index is 0.0428. The number of alkyl halides is 2. The van der Waals surface area contributed by atoms with Gasteiger partial charge in [0.25, 0.3) is 12.3 Å². The van der Waals surface area contributed by atoms with Crippen molar-refractivity contribution in [2.75, 3.05) is 5.73 Å². The molecule has 0 saturated carbocycles. The normalized spacial score (nSPS) is 10.6. The molecule has 1 amide bonds. The summed E-state index contributed by atoms with van der Waals surface area (Å²) >= 11 is 1.60. The third-order valence-electron chi connectivity index (χ3n) is 1.56. The molecular formula is C7H6F2IN3O. The lowest BCUT2D eigenvalue weighted by Crippen LogP contribution is -2.16. The lowest BCUT2D eigenvalue weighted by molar-refractivity contribution is 0.0999. The van der Waals surface area contributed by atoms with E-state index in [1.807, 2.05) is 0 Å². The average molecular weight is 313 g/mol. The van der Waals surface area contributed by atoms with Crippen LogP contribution in [0.2, 0.25) is 0 Å². The highest BCUT2D eigenvalue weighted by molar-refractivity contribution is 14.1. The fourth-order valence-electron chi connectivity index (χ4n) is 0.865. The molecule has 0 aliphatic heterocycles. The van der Waals surface area contributed by atoms with Gasteiger partial charge in [0.1, 0.15) is 5.69 Å². The molecule has 0 fully saturated rings. The number of hydrogen-bond acceptors (Lipinski definition) is 3. The zero-order valence-corrected chi connectivity index (χ0v) is 8.96. The summed E-state index contributed by atoms with van der Waals surface area (Å²) in [6.07, 6.45) is -1.76. The number of carbonyl (C=O) groups excluding carboxylic acids is 1. The molecule has 0 saturated heterocycles.